The number of allylic oxidation sites excluding steroid dienone is 4. The largest absolute Gasteiger partial charge is 0.314 e. The summed E-state index contributed by atoms with van der Waals surface area (Å²) in [6.45, 7) is 12.5. The molecule has 1 heteroatoms. The van der Waals surface area contributed by atoms with Gasteiger partial charge in [0.25, 0.3) is 0 Å². The maximum atomic E-state index is 4.02. The molecule has 0 spiro atoms. The topological polar surface area (TPSA) is 12.0 Å². The Hall–Kier alpha value is -0.820. The maximum Gasteiger partial charge on any atom is 0.0257 e. The first-order valence-corrected chi connectivity index (χ1v) is 5.27. The van der Waals surface area contributed by atoms with Gasteiger partial charge in [-0.05, 0) is 45.4 Å². The van der Waals surface area contributed by atoms with E-state index in [4.69, 9.17) is 0 Å². The zero-order valence-electron chi connectivity index (χ0n) is 10.1. The Kier molecular flexibility index (Phi) is 6.22. The summed E-state index contributed by atoms with van der Waals surface area (Å²) in [5.74, 6) is 0. The molecule has 0 heterocycles. The van der Waals surface area contributed by atoms with Gasteiger partial charge < -0.3 is 5.32 Å². The Morgan fingerprint density at radius 1 is 1.50 bits per heavy atom. The van der Waals surface area contributed by atoms with Crippen LogP contribution in [-0.2, 0) is 0 Å². The molecule has 0 aliphatic heterocycles. The fraction of sp³-hybridized carbons (Fsp3) is 0.538. The van der Waals surface area contributed by atoms with Crippen LogP contribution in [0.3, 0.4) is 0 Å². The van der Waals surface area contributed by atoms with Crippen LogP contribution in [0.2, 0.25) is 0 Å². The molecule has 0 saturated carbocycles. The van der Waals surface area contributed by atoms with Crippen LogP contribution in [0, 0.1) is 0 Å². The minimum absolute atomic E-state index is 0.419. The smallest absolute Gasteiger partial charge is 0.0257 e. The van der Waals surface area contributed by atoms with E-state index in [0.717, 1.165) is 12.0 Å². The van der Waals surface area contributed by atoms with E-state index < -0.39 is 0 Å². The highest BCUT2D eigenvalue weighted by Crippen LogP contribution is 2.20. The molecular formula is C13H23N. The second kappa shape index (κ2) is 6.61. The van der Waals surface area contributed by atoms with Gasteiger partial charge >= 0.3 is 0 Å². The molecule has 0 aliphatic carbocycles. The highest BCUT2D eigenvalue weighted by Gasteiger charge is 2.09. The molecular weight excluding hydrogens is 170 g/mol. The fourth-order valence-electron chi connectivity index (χ4n) is 1.59. The van der Waals surface area contributed by atoms with Gasteiger partial charge in [-0.25, -0.2) is 0 Å². The summed E-state index contributed by atoms with van der Waals surface area (Å²) in [7, 11) is 1.99. The molecule has 0 aromatic rings. The number of hydrogen-bond donors (Lipinski definition) is 1. The van der Waals surface area contributed by atoms with Crippen LogP contribution < -0.4 is 5.32 Å². The molecule has 0 aromatic carbocycles. The maximum absolute atomic E-state index is 4.02. The zero-order valence-corrected chi connectivity index (χ0v) is 10.1. The Balaban J connectivity index is 5.18. The molecule has 0 radical (unpaired) electrons. The van der Waals surface area contributed by atoms with E-state index in [0.29, 0.717) is 6.04 Å². The van der Waals surface area contributed by atoms with Crippen molar-refractivity contribution in [1.29, 1.82) is 0 Å². The van der Waals surface area contributed by atoms with Gasteiger partial charge in [-0.1, -0.05) is 31.2 Å². The molecule has 14 heavy (non-hydrogen) atoms. The highest BCUT2D eigenvalue weighted by atomic mass is 14.9. The first kappa shape index (κ1) is 13.2. The van der Waals surface area contributed by atoms with Gasteiger partial charge in [0.2, 0.25) is 0 Å². The lowest BCUT2D eigenvalue weighted by Gasteiger charge is -2.18. The van der Waals surface area contributed by atoms with Crippen molar-refractivity contribution in [1.82, 2.24) is 5.32 Å². The Morgan fingerprint density at radius 3 is 2.36 bits per heavy atom. The van der Waals surface area contributed by atoms with Gasteiger partial charge in [0.15, 0.2) is 0 Å². The summed E-state index contributed by atoms with van der Waals surface area (Å²) < 4.78 is 0. The summed E-state index contributed by atoms with van der Waals surface area (Å²) in [6.07, 6.45) is 5.28. The second-order valence-corrected chi connectivity index (χ2v) is 3.58. The molecule has 0 saturated heterocycles. The van der Waals surface area contributed by atoms with Crippen molar-refractivity contribution in [3.05, 3.63) is 35.5 Å². The molecule has 1 nitrogen and oxygen atoms in total. The lowest BCUT2D eigenvalue weighted by molar-refractivity contribution is 0.667. The van der Waals surface area contributed by atoms with Crippen LogP contribution in [0.15, 0.2) is 35.5 Å². The van der Waals surface area contributed by atoms with Crippen molar-refractivity contribution in [2.45, 2.75) is 40.2 Å². The summed E-state index contributed by atoms with van der Waals surface area (Å²) in [5.41, 5.74) is 3.86. The highest BCUT2D eigenvalue weighted by molar-refractivity contribution is 5.42. The summed E-state index contributed by atoms with van der Waals surface area (Å²) in [4.78, 5) is 0. The van der Waals surface area contributed by atoms with Crippen LogP contribution >= 0.6 is 0 Å². The average molecular weight is 193 g/mol. The standard InChI is InChI=1S/C13H23N/c1-7-9-13(10(3)4)12(8-2)11(5)14-6/h7,9,11,14H,3,8H2,1-2,4-6H3/b9-7-,13-12-/t11-/m0/s1. The normalized spacial score (nSPS) is 15.5. The van der Waals surface area contributed by atoms with E-state index >= 15 is 0 Å². The van der Waals surface area contributed by atoms with Gasteiger partial charge in [0.05, 0.1) is 0 Å². The van der Waals surface area contributed by atoms with Gasteiger partial charge in [-0.15, -0.1) is 0 Å². The van der Waals surface area contributed by atoms with E-state index in [-0.39, 0.29) is 0 Å². The minimum Gasteiger partial charge on any atom is -0.314 e. The van der Waals surface area contributed by atoms with Gasteiger partial charge in [-0.3, -0.25) is 0 Å². The zero-order chi connectivity index (χ0) is 11.1. The third kappa shape index (κ3) is 3.51. The van der Waals surface area contributed by atoms with Crippen LogP contribution in [-0.4, -0.2) is 13.1 Å². The molecule has 1 N–H and O–H groups in total. The third-order valence-electron chi connectivity index (χ3n) is 2.48. The fourth-order valence-corrected chi connectivity index (χ4v) is 1.59. The molecule has 0 aromatic heterocycles. The predicted molar refractivity (Wildman–Crippen MR) is 65.5 cm³/mol. The summed E-state index contributed by atoms with van der Waals surface area (Å²) in [6, 6.07) is 0.419. The first-order chi connectivity index (χ1) is 6.58. The molecule has 0 unspecified atom stereocenters. The van der Waals surface area contributed by atoms with Crippen molar-refractivity contribution in [3.63, 3.8) is 0 Å². The number of hydrogen-bond acceptors (Lipinski definition) is 1. The predicted octanol–water partition coefficient (Wildman–Crippen LogP) is 3.45. The Bertz CT molecular complexity index is 246. The molecule has 0 bridgehead atoms. The van der Waals surface area contributed by atoms with E-state index in [1.165, 1.54) is 11.1 Å². The summed E-state index contributed by atoms with van der Waals surface area (Å²) in [5, 5.41) is 3.28. The lowest BCUT2D eigenvalue weighted by Crippen LogP contribution is -2.24. The first-order valence-electron chi connectivity index (χ1n) is 5.27. The minimum atomic E-state index is 0.419. The van der Waals surface area contributed by atoms with E-state index in [1.54, 1.807) is 0 Å². The van der Waals surface area contributed by atoms with Gasteiger partial charge in [-0.2, -0.15) is 0 Å². The Labute approximate surface area is 88.6 Å². The molecule has 0 rings (SSSR count). The van der Waals surface area contributed by atoms with Crippen molar-refractivity contribution in [2.24, 2.45) is 0 Å². The average Bonchev–Trinajstić information content (AvgIpc) is 2.16. The third-order valence-corrected chi connectivity index (χ3v) is 2.48. The van der Waals surface area contributed by atoms with Crippen molar-refractivity contribution in [3.8, 4) is 0 Å². The van der Waals surface area contributed by atoms with E-state index in [9.17, 15) is 0 Å². The van der Waals surface area contributed by atoms with Crippen LogP contribution in [0.25, 0.3) is 0 Å². The quantitative estimate of drug-likeness (QED) is 0.659. The van der Waals surface area contributed by atoms with Crippen molar-refractivity contribution < 1.29 is 0 Å². The van der Waals surface area contributed by atoms with Gasteiger partial charge in [0, 0.05) is 6.04 Å². The molecule has 0 fully saturated rings. The van der Waals surface area contributed by atoms with Crippen molar-refractivity contribution in [2.75, 3.05) is 7.05 Å². The van der Waals surface area contributed by atoms with Gasteiger partial charge in [0.1, 0.15) is 0 Å². The second-order valence-electron chi connectivity index (χ2n) is 3.58. The number of likely N-dealkylation sites (N-methyl/N-ethyl adjacent to an activating group) is 1. The SMILES string of the molecule is C=C(C)C(/C=C\C)=C(/CC)[C@H](C)NC. The van der Waals surface area contributed by atoms with Crippen molar-refractivity contribution >= 4 is 0 Å². The monoisotopic (exact) mass is 193 g/mol. The lowest BCUT2D eigenvalue weighted by atomic mass is 9.95. The van der Waals surface area contributed by atoms with E-state index in [1.807, 2.05) is 14.0 Å². The molecule has 0 amide bonds. The molecule has 0 aliphatic rings. The molecule has 80 valence electrons. The van der Waals surface area contributed by atoms with Crippen LogP contribution in [0.1, 0.15) is 34.1 Å². The molecule has 1 atom stereocenters. The van der Waals surface area contributed by atoms with Crippen LogP contribution in [0.4, 0.5) is 0 Å². The number of rotatable bonds is 5. The number of nitrogens with one attached hydrogen (secondary N) is 1. The summed E-state index contributed by atoms with van der Waals surface area (Å²) >= 11 is 0. The Morgan fingerprint density at radius 2 is 2.07 bits per heavy atom. The van der Waals surface area contributed by atoms with E-state index in [2.05, 4.69) is 44.8 Å². The van der Waals surface area contributed by atoms with Crippen LogP contribution in [0.5, 0.6) is 0 Å².